The van der Waals surface area contributed by atoms with Crippen LogP contribution in [0.4, 0.5) is 0 Å². The molecule has 0 fully saturated rings. The van der Waals surface area contributed by atoms with Crippen LogP contribution in [-0.2, 0) is 0 Å². The van der Waals surface area contributed by atoms with Crippen molar-refractivity contribution in [2.24, 2.45) is 0 Å². The van der Waals surface area contributed by atoms with Crippen LogP contribution in [-0.4, -0.2) is 11.1 Å². The van der Waals surface area contributed by atoms with Crippen molar-refractivity contribution in [1.82, 2.24) is 10.2 Å². The molecule has 1 N–H and O–H groups in total. The summed E-state index contributed by atoms with van der Waals surface area (Å²) < 4.78 is 6.24. The number of nitrogens with zero attached hydrogens (tertiary/aromatic N) is 1. The fourth-order valence-corrected chi connectivity index (χ4v) is 4.92. The molecule has 0 aromatic heterocycles. The van der Waals surface area contributed by atoms with Crippen LogP contribution >= 0.6 is 0 Å². The molecule has 3 aliphatic heterocycles. The van der Waals surface area contributed by atoms with E-state index >= 15 is 0 Å². The van der Waals surface area contributed by atoms with Gasteiger partial charge in [0, 0.05) is 23.3 Å². The Morgan fingerprint density at radius 2 is 1.53 bits per heavy atom. The molecule has 0 bridgehead atoms. The molecule has 32 heavy (non-hydrogen) atoms. The van der Waals surface area contributed by atoms with Gasteiger partial charge in [-0.1, -0.05) is 72.8 Å². The van der Waals surface area contributed by atoms with Gasteiger partial charge in [0.2, 0.25) is 0 Å². The van der Waals surface area contributed by atoms with Crippen LogP contribution in [0, 0.1) is 0 Å². The maximum absolute atomic E-state index is 6.24. The molecule has 0 saturated carbocycles. The summed E-state index contributed by atoms with van der Waals surface area (Å²) in [6.07, 6.45) is 10.8. The second-order valence-corrected chi connectivity index (χ2v) is 8.32. The van der Waals surface area contributed by atoms with Crippen LogP contribution in [0.5, 0.6) is 11.5 Å². The van der Waals surface area contributed by atoms with E-state index in [1.54, 1.807) is 0 Å². The molecular formula is C29H20N2O. The van der Waals surface area contributed by atoms with Crippen LogP contribution in [0.2, 0.25) is 0 Å². The smallest absolute Gasteiger partial charge is 0.135 e. The lowest BCUT2D eigenvalue weighted by atomic mass is 9.90. The number of allylic oxidation sites excluding steroid dienone is 2. The minimum absolute atomic E-state index is 0.206. The Morgan fingerprint density at radius 3 is 2.44 bits per heavy atom. The maximum atomic E-state index is 6.24. The number of benzene rings is 4. The molecule has 1 atom stereocenters. The fraction of sp³-hybridized carbons (Fsp3) is 0.0345. The zero-order valence-corrected chi connectivity index (χ0v) is 17.3. The first-order valence-electron chi connectivity index (χ1n) is 10.9. The largest absolute Gasteiger partial charge is 0.456 e. The van der Waals surface area contributed by atoms with Gasteiger partial charge in [-0.3, -0.25) is 0 Å². The van der Waals surface area contributed by atoms with Crippen molar-refractivity contribution in [3.8, 4) is 33.8 Å². The fourth-order valence-electron chi connectivity index (χ4n) is 4.92. The summed E-state index contributed by atoms with van der Waals surface area (Å²) in [6, 6.07) is 27.9. The van der Waals surface area contributed by atoms with Gasteiger partial charge in [-0.25, -0.2) is 0 Å². The Labute approximate surface area is 186 Å². The van der Waals surface area contributed by atoms with Gasteiger partial charge in [0.05, 0.1) is 5.70 Å². The quantitative estimate of drug-likeness (QED) is 0.342. The number of para-hydroxylation sites is 1. The molecular weight excluding hydrogens is 392 g/mol. The van der Waals surface area contributed by atoms with Crippen molar-refractivity contribution in [2.45, 2.75) is 6.17 Å². The standard InChI is InChI=1S/C29H20N2O/c1-2-9-26-22(6-1)24-8-5-7-23-21(15-16-27(32-26)29(23)24)19-11-13-20(14-12-19)25-18-31-17-4-3-10-28(31)30-25/h1-18,28,30H. The lowest BCUT2D eigenvalue weighted by molar-refractivity contribution is 0.427. The minimum Gasteiger partial charge on any atom is -0.456 e. The van der Waals surface area contributed by atoms with Gasteiger partial charge in [-0.2, -0.15) is 0 Å². The van der Waals surface area contributed by atoms with Crippen LogP contribution in [0.1, 0.15) is 5.56 Å². The molecule has 3 aliphatic rings. The van der Waals surface area contributed by atoms with Gasteiger partial charge in [0.15, 0.2) is 0 Å². The van der Waals surface area contributed by atoms with Crippen molar-refractivity contribution in [3.63, 3.8) is 0 Å². The molecule has 0 saturated heterocycles. The van der Waals surface area contributed by atoms with E-state index in [-0.39, 0.29) is 6.17 Å². The average molecular weight is 412 g/mol. The predicted octanol–water partition coefficient (Wildman–Crippen LogP) is 6.89. The Balaban J connectivity index is 1.31. The van der Waals surface area contributed by atoms with Crippen LogP contribution in [0.15, 0.2) is 109 Å². The summed E-state index contributed by atoms with van der Waals surface area (Å²) in [4.78, 5) is 2.19. The van der Waals surface area contributed by atoms with E-state index in [0.717, 1.165) is 22.8 Å². The van der Waals surface area contributed by atoms with Crippen molar-refractivity contribution < 1.29 is 4.74 Å². The second kappa shape index (κ2) is 6.63. The van der Waals surface area contributed by atoms with E-state index in [0.29, 0.717) is 0 Å². The molecule has 152 valence electrons. The summed E-state index contributed by atoms with van der Waals surface area (Å²) in [7, 11) is 0. The second-order valence-electron chi connectivity index (χ2n) is 8.32. The number of hydrogen-bond acceptors (Lipinski definition) is 3. The molecule has 0 radical (unpaired) electrons. The lowest BCUT2D eigenvalue weighted by Crippen LogP contribution is -2.31. The molecule has 0 amide bonds. The van der Waals surface area contributed by atoms with Gasteiger partial charge < -0.3 is 15.0 Å². The number of rotatable bonds is 2. The first-order chi connectivity index (χ1) is 15.8. The number of fused-ring (bicyclic) bond motifs is 3. The average Bonchev–Trinajstić information content (AvgIpc) is 3.29. The number of nitrogens with one attached hydrogen (secondary N) is 1. The Morgan fingerprint density at radius 1 is 0.688 bits per heavy atom. The summed E-state index contributed by atoms with van der Waals surface area (Å²) >= 11 is 0. The van der Waals surface area contributed by atoms with Crippen LogP contribution in [0.3, 0.4) is 0 Å². The summed E-state index contributed by atoms with van der Waals surface area (Å²) in [5.41, 5.74) is 7.13. The van der Waals surface area contributed by atoms with Crippen LogP contribution < -0.4 is 10.1 Å². The van der Waals surface area contributed by atoms with Gasteiger partial charge in [-0.05, 0) is 51.9 Å². The van der Waals surface area contributed by atoms with E-state index in [4.69, 9.17) is 4.74 Å². The molecule has 7 rings (SSSR count). The van der Waals surface area contributed by atoms with E-state index < -0.39 is 0 Å². The summed E-state index contributed by atoms with van der Waals surface area (Å²) in [6.45, 7) is 0. The van der Waals surface area contributed by atoms with Crippen LogP contribution in [0.25, 0.3) is 38.7 Å². The van der Waals surface area contributed by atoms with Crippen molar-refractivity contribution in [2.75, 3.05) is 0 Å². The maximum Gasteiger partial charge on any atom is 0.135 e. The summed E-state index contributed by atoms with van der Waals surface area (Å²) in [5, 5.41) is 5.97. The normalized spacial score (nSPS) is 17.4. The molecule has 4 aromatic carbocycles. The highest BCUT2D eigenvalue weighted by Crippen LogP contribution is 2.48. The molecule has 0 aliphatic carbocycles. The van der Waals surface area contributed by atoms with E-state index in [1.165, 1.54) is 33.0 Å². The molecule has 3 heterocycles. The Hall–Kier alpha value is -4.24. The Bertz CT molecular complexity index is 1480. The predicted molar refractivity (Wildman–Crippen MR) is 130 cm³/mol. The molecule has 4 aromatic rings. The summed E-state index contributed by atoms with van der Waals surface area (Å²) in [5.74, 6) is 1.84. The van der Waals surface area contributed by atoms with Gasteiger partial charge in [0.25, 0.3) is 0 Å². The lowest BCUT2D eigenvalue weighted by Gasteiger charge is -2.22. The molecule has 1 unspecified atom stereocenters. The highest BCUT2D eigenvalue weighted by molar-refractivity contribution is 6.09. The van der Waals surface area contributed by atoms with E-state index in [2.05, 4.69) is 108 Å². The van der Waals surface area contributed by atoms with E-state index in [1.807, 2.05) is 12.1 Å². The van der Waals surface area contributed by atoms with Gasteiger partial charge in [0.1, 0.15) is 17.7 Å². The Kier molecular flexibility index (Phi) is 3.61. The third kappa shape index (κ3) is 2.55. The zero-order chi connectivity index (χ0) is 21.1. The highest BCUT2D eigenvalue weighted by atomic mass is 16.5. The first-order valence-corrected chi connectivity index (χ1v) is 10.9. The van der Waals surface area contributed by atoms with Gasteiger partial charge >= 0.3 is 0 Å². The zero-order valence-electron chi connectivity index (χ0n) is 17.3. The number of ether oxygens (including phenoxy) is 1. The van der Waals surface area contributed by atoms with Crippen molar-refractivity contribution in [3.05, 3.63) is 115 Å². The van der Waals surface area contributed by atoms with Crippen molar-refractivity contribution >= 4 is 16.5 Å². The monoisotopic (exact) mass is 412 g/mol. The van der Waals surface area contributed by atoms with Crippen molar-refractivity contribution in [1.29, 1.82) is 0 Å². The third-order valence-electron chi connectivity index (χ3n) is 6.47. The molecule has 0 spiro atoms. The third-order valence-corrected chi connectivity index (χ3v) is 6.47. The molecule has 3 heteroatoms. The molecule has 3 nitrogen and oxygen atoms in total. The first kappa shape index (κ1) is 17.4. The number of hydrogen-bond donors (Lipinski definition) is 1. The highest BCUT2D eigenvalue weighted by Gasteiger charge is 2.23. The van der Waals surface area contributed by atoms with Gasteiger partial charge in [-0.15, -0.1) is 0 Å². The minimum atomic E-state index is 0.206. The topological polar surface area (TPSA) is 24.5 Å². The SMILES string of the molecule is C1=CC2NC(c3ccc(-c4ccc5c6c(cccc46)-c4ccccc4O5)cc3)=CN2C=C1. The van der Waals surface area contributed by atoms with E-state index in [9.17, 15) is 0 Å².